The largest absolute Gasteiger partial charge is 0.417 e. The van der Waals surface area contributed by atoms with Crippen LogP contribution in [0.3, 0.4) is 0 Å². The zero-order valence-corrected chi connectivity index (χ0v) is 13.4. The van der Waals surface area contributed by atoms with Gasteiger partial charge in [-0.3, -0.25) is 4.90 Å². The van der Waals surface area contributed by atoms with Gasteiger partial charge in [0.2, 0.25) is 0 Å². The van der Waals surface area contributed by atoms with Crippen LogP contribution in [-0.4, -0.2) is 49.9 Å². The molecular formula is C16H13F3N6O. The molecule has 10 heteroatoms. The number of nitriles is 1. The number of rotatable bonds is 3. The second-order valence-electron chi connectivity index (χ2n) is 6.94. The zero-order valence-electron chi connectivity index (χ0n) is 13.4. The van der Waals surface area contributed by atoms with E-state index in [1.54, 1.807) is 6.07 Å². The van der Waals surface area contributed by atoms with E-state index < -0.39 is 17.3 Å². The normalized spacial score (nSPS) is 29.6. The van der Waals surface area contributed by atoms with Crippen LogP contribution in [0.5, 0.6) is 0 Å². The number of nitrogens with zero attached hydrogens (tertiary/aromatic N) is 6. The third-order valence-corrected chi connectivity index (χ3v) is 5.69. The van der Waals surface area contributed by atoms with Gasteiger partial charge in [0.05, 0.1) is 47.7 Å². The number of hydrogen-bond acceptors (Lipinski definition) is 6. The number of ether oxygens (including phenoxy) is 1. The summed E-state index contributed by atoms with van der Waals surface area (Å²) in [7, 11) is 0. The Bertz CT molecular complexity index is 935. The number of hydrogen-bond donors (Lipinski definition) is 0. The van der Waals surface area contributed by atoms with E-state index in [4.69, 9.17) is 10.00 Å². The molecule has 2 aliphatic heterocycles. The van der Waals surface area contributed by atoms with Crippen molar-refractivity contribution < 1.29 is 17.9 Å². The van der Waals surface area contributed by atoms with Crippen LogP contribution in [0.4, 0.5) is 13.2 Å². The van der Waals surface area contributed by atoms with Gasteiger partial charge in [0, 0.05) is 12.5 Å². The fourth-order valence-corrected chi connectivity index (χ4v) is 4.25. The first-order chi connectivity index (χ1) is 12.4. The molecule has 3 fully saturated rings. The smallest absolute Gasteiger partial charge is 0.375 e. The lowest BCUT2D eigenvalue weighted by atomic mass is 9.95. The topological polar surface area (TPSA) is 79.9 Å². The molecule has 0 amide bonds. The molecular weight excluding hydrogens is 349 g/mol. The molecule has 3 atom stereocenters. The molecule has 2 saturated heterocycles. The lowest BCUT2D eigenvalue weighted by Crippen LogP contribution is -2.61. The van der Waals surface area contributed by atoms with Gasteiger partial charge in [0.15, 0.2) is 5.82 Å². The number of aromatic nitrogens is 4. The Morgan fingerprint density at radius 2 is 2.23 bits per heavy atom. The second-order valence-corrected chi connectivity index (χ2v) is 6.94. The molecule has 1 aromatic carbocycles. The van der Waals surface area contributed by atoms with Crippen LogP contribution in [0.1, 0.15) is 23.4 Å². The van der Waals surface area contributed by atoms with Crippen LogP contribution < -0.4 is 0 Å². The predicted molar refractivity (Wildman–Crippen MR) is 79.9 cm³/mol. The number of benzene rings is 1. The standard InChI is InChI=1S/C16H13F3N6O/c17-16(18,19)12-3-11(2-1-9(12)5-20)25-14(21-22-23-25)7-24-6-13-15(24)4-10(15)8-26-13/h1-3,10,13H,4,6-8H2/t10-,13?,15?/m0/s1. The number of alkyl halides is 3. The summed E-state index contributed by atoms with van der Waals surface area (Å²) in [6.07, 6.45) is -3.28. The van der Waals surface area contributed by atoms with Gasteiger partial charge in [0.1, 0.15) is 0 Å². The maximum atomic E-state index is 13.2. The molecule has 5 rings (SSSR count). The predicted octanol–water partition coefficient (Wildman–Crippen LogP) is 1.53. The highest BCUT2D eigenvalue weighted by Gasteiger charge is 2.73. The number of tetrazole rings is 1. The van der Waals surface area contributed by atoms with E-state index in [1.807, 2.05) is 0 Å². The van der Waals surface area contributed by atoms with Crippen molar-refractivity contribution in [3.63, 3.8) is 0 Å². The van der Waals surface area contributed by atoms with Crippen LogP contribution in [0.25, 0.3) is 5.69 Å². The van der Waals surface area contributed by atoms with E-state index in [0.717, 1.165) is 31.7 Å². The average molecular weight is 362 g/mol. The van der Waals surface area contributed by atoms with Crippen LogP contribution in [0, 0.1) is 17.2 Å². The van der Waals surface area contributed by atoms with Crippen molar-refractivity contribution in [3.05, 3.63) is 35.2 Å². The molecule has 0 bridgehead atoms. The van der Waals surface area contributed by atoms with Gasteiger partial charge < -0.3 is 4.74 Å². The summed E-state index contributed by atoms with van der Waals surface area (Å²) in [6.45, 7) is 2.01. The lowest BCUT2D eigenvalue weighted by Gasteiger charge is -2.46. The quantitative estimate of drug-likeness (QED) is 0.824. The van der Waals surface area contributed by atoms with Crippen LogP contribution in [-0.2, 0) is 17.5 Å². The summed E-state index contributed by atoms with van der Waals surface area (Å²) in [5.74, 6) is 1.01. The summed E-state index contributed by atoms with van der Waals surface area (Å²) in [5, 5.41) is 20.4. The molecule has 1 aromatic heterocycles. The number of halogens is 3. The molecule has 26 heavy (non-hydrogen) atoms. The Morgan fingerprint density at radius 1 is 1.38 bits per heavy atom. The Kier molecular flexibility index (Phi) is 3.04. The van der Waals surface area contributed by atoms with E-state index >= 15 is 0 Å². The highest BCUT2D eigenvalue weighted by atomic mass is 19.4. The summed E-state index contributed by atoms with van der Waals surface area (Å²) in [6, 6.07) is 5.05. The minimum Gasteiger partial charge on any atom is -0.375 e. The summed E-state index contributed by atoms with van der Waals surface area (Å²) in [4.78, 5) is 2.24. The third-order valence-electron chi connectivity index (χ3n) is 5.69. The van der Waals surface area contributed by atoms with Crippen molar-refractivity contribution in [1.82, 2.24) is 25.1 Å². The second kappa shape index (κ2) is 5.02. The van der Waals surface area contributed by atoms with Crippen molar-refractivity contribution in [2.75, 3.05) is 13.2 Å². The first-order valence-corrected chi connectivity index (χ1v) is 8.19. The van der Waals surface area contributed by atoms with Crippen molar-refractivity contribution in [1.29, 1.82) is 5.26 Å². The molecule has 1 saturated carbocycles. The van der Waals surface area contributed by atoms with Gasteiger partial charge in [-0.1, -0.05) is 0 Å². The van der Waals surface area contributed by atoms with Crippen molar-refractivity contribution in [2.45, 2.75) is 30.8 Å². The lowest BCUT2D eigenvalue weighted by molar-refractivity contribution is -0.137. The molecule has 134 valence electrons. The van der Waals surface area contributed by atoms with Crippen LogP contribution >= 0.6 is 0 Å². The first kappa shape index (κ1) is 15.7. The van der Waals surface area contributed by atoms with Crippen LogP contribution in [0.15, 0.2) is 18.2 Å². The Morgan fingerprint density at radius 3 is 2.92 bits per heavy atom. The third kappa shape index (κ3) is 2.04. The van der Waals surface area contributed by atoms with Gasteiger partial charge in [-0.25, -0.2) is 0 Å². The average Bonchev–Trinajstić information content (AvgIpc) is 3.09. The molecule has 3 heterocycles. The molecule has 3 aliphatic rings. The van der Waals surface area contributed by atoms with Gasteiger partial charge in [-0.2, -0.15) is 23.1 Å². The van der Waals surface area contributed by atoms with Gasteiger partial charge in [0.25, 0.3) is 0 Å². The molecule has 1 spiro atoms. The zero-order chi connectivity index (χ0) is 18.1. The molecule has 2 aromatic rings. The van der Waals surface area contributed by atoms with Crippen molar-refractivity contribution >= 4 is 0 Å². The number of likely N-dealkylation sites (tertiary alicyclic amines) is 1. The van der Waals surface area contributed by atoms with E-state index in [2.05, 4.69) is 20.4 Å². The maximum absolute atomic E-state index is 13.2. The monoisotopic (exact) mass is 362 g/mol. The Hall–Kier alpha value is -2.51. The SMILES string of the molecule is N#Cc1ccc(-n2nnnc2CN2CC3OC[C@@H]4CC342)cc1C(F)(F)F. The summed E-state index contributed by atoms with van der Waals surface area (Å²) >= 11 is 0. The van der Waals surface area contributed by atoms with Crippen LogP contribution in [0.2, 0.25) is 0 Å². The molecule has 0 N–H and O–H groups in total. The molecule has 2 unspecified atom stereocenters. The molecule has 1 aliphatic carbocycles. The summed E-state index contributed by atoms with van der Waals surface area (Å²) in [5.41, 5.74) is -1.16. The van der Waals surface area contributed by atoms with E-state index in [1.165, 1.54) is 10.7 Å². The highest BCUT2D eigenvalue weighted by molar-refractivity contribution is 5.47. The molecule has 7 nitrogen and oxygen atoms in total. The fourth-order valence-electron chi connectivity index (χ4n) is 4.25. The van der Waals surface area contributed by atoms with Crippen molar-refractivity contribution in [2.24, 2.45) is 5.92 Å². The summed E-state index contributed by atoms with van der Waals surface area (Å²) < 4.78 is 46.6. The van der Waals surface area contributed by atoms with Crippen molar-refractivity contribution in [3.8, 4) is 11.8 Å². The Labute approximate surface area is 146 Å². The van der Waals surface area contributed by atoms with E-state index in [0.29, 0.717) is 18.3 Å². The minimum absolute atomic E-state index is 0.0819. The first-order valence-electron chi connectivity index (χ1n) is 8.19. The maximum Gasteiger partial charge on any atom is 0.417 e. The minimum atomic E-state index is -4.62. The Balaban J connectivity index is 1.46. The van der Waals surface area contributed by atoms with E-state index in [9.17, 15) is 13.2 Å². The highest BCUT2D eigenvalue weighted by Crippen LogP contribution is 2.62. The van der Waals surface area contributed by atoms with Gasteiger partial charge in [-0.05, 0) is 35.0 Å². The molecule has 0 radical (unpaired) electrons. The van der Waals surface area contributed by atoms with Gasteiger partial charge in [-0.15, -0.1) is 5.10 Å². The fraction of sp³-hybridized carbons (Fsp3) is 0.500. The van der Waals surface area contributed by atoms with Gasteiger partial charge >= 0.3 is 6.18 Å². The van der Waals surface area contributed by atoms with E-state index in [-0.39, 0.29) is 17.3 Å².